The number of imidazole rings is 1. The number of benzene rings is 1. The number of rotatable bonds is 9. The Morgan fingerprint density at radius 2 is 1.95 bits per heavy atom. The second-order valence-electron chi connectivity index (χ2n) is 9.33. The summed E-state index contributed by atoms with van der Waals surface area (Å²) in [5.41, 5.74) is 0.777. The van der Waals surface area contributed by atoms with E-state index in [9.17, 15) is 31.6 Å². The third-order valence-corrected chi connectivity index (χ3v) is 8.40. The predicted molar refractivity (Wildman–Crippen MR) is 132 cm³/mol. The van der Waals surface area contributed by atoms with Gasteiger partial charge in [0.25, 0.3) is 5.91 Å². The molecule has 12 heteroatoms. The van der Waals surface area contributed by atoms with E-state index in [4.69, 9.17) is 4.74 Å². The second-order valence-corrected chi connectivity index (χ2v) is 11.7. The number of aryl methyl sites for hydroxylation is 2. The molecule has 3 rings (SSSR count). The zero-order valence-electron chi connectivity index (χ0n) is 21.1. The molecule has 0 aliphatic heterocycles. The van der Waals surface area contributed by atoms with Crippen molar-refractivity contribution in [3.8, 4) is 17.5 Å². The predicted octanol–water partition coefficient (Wildman–Crippen LogP) is 4.14. The van der Waals surface area contributed by atoms with Gasteiger partial charge in [-0.05, 0) is 55.7 Å². The van der Waals surface area contributed by atoms with Gasteiger partial charge in [-0.2, -0.15) is 18.4 Å². The molecule has 0 unspecified atom stereocenters. The summed E-state index contributed by atoms with van der Waals surface area (Å²) in [6.07, 6.45) is -1.38. The second kappa shape index (κ2) is 11.5. The summed E-state index contributed by atoms with van der Waals surface area (Å²) >= 11 is 0. The molecule has 1 aromatic heterocycles. The lowest BCUT2D eigenvalue weighted by molar-refractivity contribution is -0.134. The molecule has 2 aromatic rings. The minimum Gasteiger partial charge on any atom is -0.495 e. The molecule has 1 saturated carbocycles. The molecule has 8 nitrogen and oxygen atoms in total. The van der Waals surface area contributed by atoms with Gasteiger partial charge in [-0.1, -0.05) is 13.0 Å². The molecule has 1 aliphatic rings. The van der Waals surface area contributed by atoms with Gasteiger partial charge in [-0.25, -0.2) is 13.4 Å². The molecule has 0 saturated heterocycles. The monoisotopic (exact) mass is 540 g/mol. The number of nitriles is 1. The van der Waals surface area contributed by atoms with Crippen molar-refractivity contribution in [2.24, 2.45) is 5.92 Å². The lowest BCUT2D eigenvalue weighted by Crippen LogP contribution is -2.34. The van der Waals surface area contributed by atoms with E-state index in [1.807, 2.05) is 13.0 Å². The third-order valence-electron chi connectivity index (χ3n) is 6.72. The Labute approximate surface area is 214 Å². The van der Waals surface area contributed by atoms with Crippen molar-refractivity contribution < 1.29 is 31.1 Å². The molecule has 1 fully saturated rings. The summed E-state index contributed by atoms with van der Waals surface area (Å²) in [4.78, 5) is 17.4. The van der Waals surface area contributed by atoms with Crippen LogP contribution in [0.25, 0.3) is 5.69 Å². The number of amides is 1. The lowest BCUT2D eigenvalue weighted by atomic mass is 9.89. The van der Waals surface area contributed by atoms with Crippen molar-refractivity contribution in [2.75, 3.05) is 19.9 Å². The molecular weight excluding hydrogens is 509 g/mol. The van der Waals surface area contributed by atoms with Gasteiger partial charge < -0.3 is 10.1 Å². The summed E-state index contributed by atoms with van der Waals surface area (Å²) in [5.74, 6) is 0.301. The number of nitrogens with one attached hydrogen (secondary N) is 1. The minimum atomic E-state index is -4.28. The van der Waals surface area contributed by atoms with E-state index in [1.165, 1.54) is 30.1 Å². The highest BCUT2D eigenvalue weighted by Gasteiger charge is 2.30. The van der Waals surface area contributed by atoms with Gasteiger partial charge in [0.15, 0.2) is 11.4 Å². The van der Waals surface area contributed by atoms with E-state index in [-0.39, 0.29) is 34.7 Å². The molecule has 0 bridgehead atoms. The summed E-state index contributed by atoms with van der Waals surface area (Å²) in [7, 11) is -1.70. The number of hydrogen-bond donors (Lipinski definition) is 1. The van der Waals surface area contributed by atoms with Crippen LogP contribution in [0.4, 0.5) is 13.2 Å². The van der Waals surface area contributed by atoms with Gasteiger partial charge in [0.05, 0.1) is 18.0 Å². The number of sulfone groups is 1. The van der Waals surface area contributed by atoms with Crippen LogP contribution in [0, 0.1) is 17.2 Å². The van der Waals surface area contributed by atoms with Gasteiger partial charge in [-0.3, -0.25) is 9.36 Å². The van der Waals surface area contributed by atoms with Crippen molar-refractivity contribution in [3.63, 3.8) is 0 Å². The number of ether oxygens (including phenoxy) is 1. The van der Waals surface area contributed by atoms with E-state index in [2.05, 4.69) is 10.3 Å². The number of alkyl halides is 3. The average molecular weight is 541 g/mol. The van der Waals surface area contributed by atoms with Crippen LogP contribution >= 0.6 is 0 Å². The van der Waals surface area contributed by atoms with Crippen LogP contribution in [0.5, 0.6) is 5.75 Å². The Balaban J connectivity index is 1.81. The van der Waals surface area contributed by atoms with Crippen molar-refractivity contribution in [1.29, 1.82) is 5.26 Å². The van der Waals surface area contributed by atoms with Crippen LogP contribution in [0.15, 0.2) is 18.2 Å². The smallest absolute Gasteiger partial charge is 0.389 e. The van der Waals surface area contributed by atoms with Crippen LogP contribution in [0.3, 0.4) is 0 Å². The molecule has 1 amide bonds. The first kappa shape index (κ1) is 28.5. The van der Waals surface area contributed by atoms with E-state index in [1.54, 1.807) is 6.07 Å². The maximum absolute atomic E-state index is 13.0. The van der Waals surface area contributed by atoms with Crippen molar-refractivity contribution >= 4 is 15.7 Å². The highest BCUT2D eigenvalue weighted by Crippen LogP contribution is 2.31. The Morgan fingerprint density at radius 3 is 2.49 bits per heavy atom. The molecule has 1 heterocycles. The fourth-order valence-electron chi connectivity index (χ4n) is 4.66. The van der Waals surface area contributed by atoms with Crippen LogP contribution in [0.1, 0.15) is 66.6 Å². The maximum Gasteiger partial charge on any atom is 0.389 e. The van der Waals surface area contributed by atoms with Crippen molar-refractivity contribution in [1.82, 2.24) is 14.9 Å². The summed E-state index contributed by atoms with van der Waals surface area (Å²) in [6.45, 7) is 2.15. The standard InChI is InChI=1S/C25H31F3N4O4S/c1-4-22-31-23(24(33)30-15-17-5-8-18(9-6-17)37(3,34)35)20(14-29)32(22)19-10-7-16(13-21(19)36-2)11-12-25(26,27)28/h7,10,13,17-18H,4-6,8-9,11-12,15H2,1-3H3,(H,30,33). The third kappa shape index (κ3) is 7.03. The van der Waals surface area contributed by atoms with Crippen molar-refractivity contribution in [3.05, 3.63) is 41.0 Å². The van der Waals surface area contributed by atoms with E-state index >= 15 is 0 Å². The number of nitrogens with zero attached hydrogens (tertiary/aromatic N) is 3. The Bertz CT molecular complexity index is 1270. The molecule has 0 radical (unpaired) electrons. The highest BCUT2D eigenvalue weighted by molar-refractivity contribution is 7.91. The first-order chi connectivity index (χ1) is 17.4. The van der Waals surface area contributed by atoms with Gasteiger partial charge in [0, 0.05) is 25.6 Å². The quantitative estimate of drug-likeness (QED) is 0.511. The normalized spacial score (nSPS) is 18.3. The lowest BCUT2D eigenvalue weighted by Gasteiger charge is -2.27. The van der Waals surface area contributed by atoms with Crippen LogP contribution in [-0.2, 0) is 22.7 Å². The highest BCUT2D eigenvalue weighted by atomic mass is 32.2. The molecule has 37 heavy (non-hydrogen) atoms. The summed E-state index contributed by atoms with van der Waals surface area (Å²) in [5, 5.41) is 12.4. The number of methoxy groups -OCH3 is 1. The number of aromatic nitrogens is 2. The molecule has 0 atom stereocenters. The van der Waals surface area contributed by atoms with Crippen molar-refractivity contribution in [2.45, 2.75) is 63.3 Å². The first-order valence-electron chi connectivity index (χ1n) is 12.1. The molecule has 1 N–H and O–H groups in total. The zero-order chi connectivity index (χ0) is 27.4. The van der Waals surface area contributed by atoms with E-state index < -0.39 is 28.3 Å². The first-order valence-corrected chi connectivity index (χ1v) is 14.1. The minimum absolute atomic E-state index is 0.00326. The number of carbonyl (C=O) groups excluding carboxylic acids is 1. The number of carbonyl (C=O) groups is 1. The van der Waals surface area contributed by atoms with Gasteiger partial charge in [0.1, 0.15) is 27.5 Å². The molecule has 202 valence electrons. The fraction of sp³-hybridized carbons (Fsp3) is 0.560. The average Bonchev–Trinajstić information content (AvgIpc) is 3.23. The molecular formula is C25H31F3N4O4S. The van der Waals surface area contributed by atoms with Gasteiger partial charge >= 0.3 is 6.18 Å². The SMILES string of the molecule is CCc1nc(C(=O)NCC2CCC(S(C)(=O)=O)CC2)c(C#N)n1-c1ccc(CCC(F)(F)F)cc1OC. The maximum atomic E-state index is 13.0. The summed E-state index contributed by atoms with van der Waals surface area (Å²) in [6, 6.07) is 6.63. The molecule has 1 aromatic carbocycles. The van der Waals surface area contributed by atoms with E-state index in [0.717, 1.165) is 0 Å². The topological polar surface area (TPSA) is 114 Å². The van der Waals surface area contributed by atoms with Gasteiger partial charge in [-0.15, -0.1) is 0 Å². The van der Waals surface area contributed by atoms with Crippen LogP contribution < -0.4 is 10.1 Å². The Morgan fingerprint density at radius 1 is 1.27 bits per heavy atom. The molecule has 1 aliphatic carbocycles. The molecule has 0 spiro atoms. The van der Waals surface area contributed by atoms with Gasteiger partial charge in [0.2, 0.25) is 0 Å². The zero-order valence-corrected chi connectivity index (χ0v) is 21.9. The van der Waals surface area contributed by atoms with E-state index in [0.29, 0.717) is 55.7 Å². The number of halogens is 3. The largest absolute Gasteiger partial charge is 0.495 e. The number of hydrogen-bond acceptors (Lipinski definition) is 6. The summed E-state index contributed by atoms with van der Waals surface area (Å²) < 4.78 is 68.4. The Kier molecular flexibility index (Phi) is 8.89. The van der Waals surface area contributed by atoms with Crippen LogP contribution in [-0.4, -0.2) is 55.2 Å². The fourth-order valence-corrected chi connectivity index (χ4v) is 5.79. The Hall–Kier alpha value is -3.07. The van der Waals surface area contributed by atoms with Crippen LogP contribution in [0.2, 0.25) is 0 Å².